The summed E-state index contributed by atoms with van der Waals surface area (Å²) >= 11 is 7.74. The van der Waals surface area contributed by atoms with Crippen molar-refractivity contribution in [2.75, 3.05) is 0 Å². The molecule has 1 aromatic rings. The van der Waals surface area contributed by atoms with Crippen LogP contribution in [0, 0.1) is 12.8 Å². The van der Waals surface area contributed by atoms with Crippen LogP contribution in [0.1, 0.15) is 36.6 Å². The van der Waals surface area contributed by atoms with Crippen molar-refractivity contribution in [1.82, 2.24) is 0 Å². The molecule has 0 aromatic carbocycles. The van der Waals surface area contributed by atoms with Crippen LogP contribution in [0.5, 0.6) is 0 Å². The molecule has 14 heavy (non-hydrogen) atoms. The summed E-state index contributed by atoms with van der Waals surface area (Å²) < 4.78 is 0. The van der Waals surface area contributed by atoms with Crippen molar-refractivity contribution in [2.24, 2.45) is 5.92 Å². The first-order chi connectivity index (χ1) is 6.59. The zero-order valence-electron chi connectivity index (χ0n) is 8.51. The highest BCUT2D eigenvalue weighted by Crippen LogP contribution is 2.57. The van der Waals surface area contributed by atoms with E-state index in [0.29, 0.717) is 5.92 Å². The molecule has 0 amide bonds. The molecule has 78 valence electrons. The van der Waals surface area contributed by atoms with Crippen LogP contribution in [-0.4, -0.2) is 5.11 Å². The van der Waals surface area contributed by atoms with E-state index >= 15 is 0 Å². The maximum Gasteiger partial charge on any atom is 0.104 e. The summed E-state index contributed by atoms with van der Waals surface area (Å²) in [5.74, 6) is 0.433. The molecule has 0 aliphatic heterocycles. The molecule has 0 bridgehead atoms. The quantitative estimate of drug-likeness (QED) is 0.839. The van der Waals surface area contributed by atoms with Gasteiger partial charge < -0.3 is 5.11 Å². The molecule has 3 heteroatoms. The van der Waals surface area contributed by atoms with E-state index in [-0.39, 0.29) is 0 Å². The third kappa shape index (κ3) is 1.50. The van der Waals surface area contributed by atoms with E-state index in [1.165, 1.54) is 0 Å². The number of aryl methyl sites for hydroxylation is 1. The lowest BCUT2D eigenvalue weighted by Crippen LogP contribution is -2.06. The summed E-state index contributed by atoms with van der Waals surface area (Å²) in [6.07, 6.45) is 3.12. The molecule has 0 radical (unpaired) electrons. The van der Waals surface area contributed by atoms with Gasteiger partial charge in [-0.15, -0.1) is 11.3 Å². The van der Waals surface area contributed by atoms with Gasteiger partial charge in [-0.2, -0.15) is 0 Å². The average molecular weight is 231 g/mol. The molecule has 0 saturated heterocycles. The third-order valence-corrected chi connectivity index (χ3v) is 4.87. The maximum atomic E-state index is 10.3. The van der Waals surface area contributed by atoms with Gasteiger partial charge in [0.05, 0.1) is 9.90 Å². The Labute approximate surface area is 93.7 Å². The van der Waals surface area contributed by atoms with Gasteiger partial charge in [0.25, 0.3) is 0 Å². The number of hydrogen-bond donors (Lipinski definition) is 1. The second kappa shape index (κ2) is 3.51. The minimum Gasteiger partial charge on any atom is -0.384 e. The van der Waals surface area contributed by atoms with Gasteiger partial charge in [-0.1, -0.05) is 24.9 Å². The SMILES string of the molecule is CCCC1CC1(O)c1scc(C)c1Cl. The summed E-state index contributed by atoms with van der Waals surface area (Å²) in [6, 6.07) is 0. The van der Waals surface area contributed by atoms with E-state index in [1.807, 2.05) is 12.3 Å². The second-order valence-electron chi connectivity index (χ2n) is 4.18. The first-order valence-corrected chi connectivity index (χ1v) is 6.31. The number of hydrogen-bond acceptors (Lipinski definition) is 2. The van der Waals surface area contributed by atoms with Crippen LogP contribution in [0.4, 0.5) is 0 Å². The summed E-state index contributed by atoms with van der Waals surface area (Å²) in [7, 11) is 0. The van der Waals surface area contributed by atoms with Gasteiger partial charge in [-0.3, -0.25) is 0 Å². The van der Waals surface area contributed by atoms with Gasteiger partial charge in [-0.05, 0) is 36.6 Å². The molecular formula is C11H15ClOS. The van der Waals surface area contributed by atoms with E-state index in [1.54, 1.807) is 11.3 Å². The molecule has 1 aliphatic carbocycles. The van der Waals surface area contributed by atoms with Crippen LogP contribution in [0.2, 0.25) is 5.02 Å². The van der Waals surface area contributed by atoms with Crippen molar-refractivity contribution in [3.8, 4) is 0 Å². The smallest absolute Gasteiger partial charge is 0.104 e. The fourth-order valence-electron chi connectivity index (χ4n) is 2.01. The molecule has 1 fully saturated rings. The molecule has 2 rings (SSSR count). The molecule has 1 aromatic heterocycles. The lowest BCUT2D eigenvalue weighted by Gasteiger charge is -2.08. The van der Waals surface area contributed by atoms with E-state index in [0.717, 1.165) is 34.7 Å². The van der Waals surface area contributed by atoms with Crippen LogP contribution in [-0.2, 0) is 5.60 Å². The molecule has 1 N–H and O–H groups in total. The van der Waals surface area contributed by atoms with Crippen molar-refractivity contribution < 1.29 is 5.11 Å². The van der Waals surface area contributed by atoms with E-state index < -0.39 is 5.60 Å². The highest BCUT2D eigenvalue weighted by atomic mass is 35.5. The van der Waals surface area contributed by atoms with Gasteiger partial charge >= 0.3 is 0 Å². The third-order valence-electron chi connectivity index (χ3n) is 3.00. The van der Waals surface area contributed by atoms with Crippen LogP contribution < -0.4 is 0 Å². The predicted octanol–water partition coefficient (Wildman–Crippen LogP) is 3.72. The average Bonchev–Trinajstić information content (AvgIpc) is 2.65. The zero-order valence-corrected chi connectivity index (χ0v) is 10.1. The second-order valence-corrected chi connectivity index (χ2v) is 5.43. The first-order valence-electron chi connectivity index (χ1n) is 5.06. The van der Waals surface area contributed by atoms with Crippen molar-refractivity contribution >= 4 is 22.9 Å². The number of rotatable bonds is 3. The summed E-state index contributed by atoms with van der Waals surface area (Å²) in [6.45, 7) is 4.14. The first kappa shape index (κ1) is 10.5. The van der Waals surface area contributed by atoms with Gasteiger partial charge in [0, 0.05) is 0 Å². The van der Waals surface area contributed by atoms with Crippen molar-refractivity contribution in [1.29, 1.82) is 0 Å². The molecule has 1 heterocycles. The highest BCUT2D eigenvalue weighted by Gasteiger charge is 2.55. The minimum absolute atomic E-state index is 0.433. The standard InChI is InChI=1S/C11H15ClOS/c1-3-4-8-5-11(8,13)10-9(12)7(2)6-14-10/h6,8,13H,3-5H2,1-2H3. The Bertz CT molecular complexity index is 347. The summed E-state index contributed by atoms with van der Waals surface area (Å²) in [5, 5.41) is 13.1. The molecular weight excluding hydrogens is 216 g/mol. The molecule has 2 atom stereocenters. The topological polar surface area (TPSA) is 20.2 Å². The Hall–Kier alpha value is -0.0500. The lowest BCUT2D eigenvalue weighted by molar-refractivity contribution is 0.133. The fourth-order valence-corrected chi connectivity index (χ4v) is 3.55. The monoisotopic (exact) mass is 230 g/mol. The normalized spacial score (nSPS) is 30.7. The van der Waals surface area contributed by atoms with Crippen molar-refractivity contribution in [3.05, 3.63) is 20.8 Å². The van der Waals surface area contributed by atoms with Crippen LogP contribution in [0.3, 0.4) is 0 Å². The van der Waals surface area contributed by atoms with Crippen LogP contribution in [0.15, 0.2) is 5.38 Å². The van der Waals surface area contributed by atoms with E-state index in [4.69, 9.17) is 11.6 Å². The Morgan fingerprint density at radius 3 is 2.93 bits per heavy atom. The summed E-state index contributed by atoms with van der Waals surface area (Å²) in [5.41, 5.74) is 0.494. The maximum absolute atomic E-state index is 10.3. The lowest BCUT2D eigenvalue weighted by atomic mass is 10.1. The van der Waals surface area contributed by atoms with E-state index in [2.05, 4.69) is 6.92 Å². The van der Waals surface area contributed by atoms with Gasteiger partial charge in [0.2, 0.25) is 0 Å². The van der Waals surface area contributed by atoms with Gasteiger partial charge in [-0.25, -0.2) is 0 Å². The predicted molar refractivity (Wildman–Crippen MR) is 61.0 cm³/mol. The van der Waals surface area contributed by atoms with Crippen molar-refractivity contribution in [3.63, 3.8) is 0 Å². The highest BCUT2D eigenvalue weighted by molar-refractivity contribution is 7.11. The number of halogens is 1. The van der Waals surface area contributed by atoms with Crippen LogP contribution in [0.25, 0.3) is 0 Å². The molecule has 1 saturated carbocycles. The molecule has 0 spiro atoms. The zero-order chi connectivity index (χ0) is 10.3. The fraction of sp³-hybridized carbons (Fsp3) is 0.636. The van der Waals surface area contributed by atoms with Crippen LogP contribution >= 0.6 is 22.9 Å². The Morgan fingerprint density at radius 2 is 2.43 bits per heavy atom. The van der Waals surface area contributed by atoms with Gasteiger partial charge in [0.1, 0.15) is 5.60 Å². The van der Waals surface area contributed by atoms with Crippen molar-refractivity contribution in [2.45, 2.75) is 38.7 Å². The minimum atomic E-state index is -0.591. The molecule has 2 unspecified atom stereocenters. The van der Waals surface area contributed by atoms with Gasteiger partial charge in [0.15, 0.2) is 0 Å². The largest absolute Gasteiger partial charge is 0.384 e. The Kier molecular flexibility index (Phi) is 2.63. The Balaban J connectivity index is 2.21. The number of thiophene rings is 1. The molecule has 1 aliphatic rings. The van der Waals surface area contributed by atoms with E-state index in [9.17, 15) is 5.11 Å². The number of aliphatic hydroxyl groups is 1. The Morgan fingerprint density at radius 1 is 1.71 bits per heavy atom. The molecule has 1 nitrogen and oxygen atoms in total. The summed E-state index contributed by atoms with van der Waals surface area (Å²) in [4.78, 5) is 0.982.